The van der Waals surface area contributed by atoms with Crippen LogP contribution in [0.4, 0.5) is 11.4 Å². The van der Waals surface area contributed by atoms with Crippen molar-refractivity contribution in [3.63, 3.8) is 0 Å². The van der Waals surface area contributed by atoms with Gasteiger partial charge in [0.15, 0.2) is 0 Å². The molecule has 0 bridgehead atoms. The predicted molar refractivity (Wildman–Crippen MR) is 75.7 cm³/mol. The van der Waals surface area contributed by atoms with Crippen LogP contribution in [0.1, 0.15) is 0 Å². The molecular weight excluding hydrogens is 292 g/mol. The maximum absolute atomic E-state index is 12.4. The highest BCUT2D eigenvalue weighted by Crippen LogP contribution is 2.23. The molecule has 0 aliphatic heterocycles. The number of hydrogen-bond acceptors (Lipinski definition) is 6. The summed E-state index contributed by atoms with van der Waals surface area (Å²) in [5.41, 5.74) is 5.50. The van der Waals surface area contributed by atoms with E-state index in [2.05, 4.69) is 21.0 Å². The van der Waals surface area contributed by atoms with Gasteiger partial charge < -0.3 is 0 Å². The minimum absolute atomic E-state index is 0.110. The van der Waals surface area contributed by atoms with Crippen molar-refractivity contribution in [1.82, 2.24) is 0 Å². The summed E-state index contributed by atoms with van der Waals surface area (Å²) in [6.45, 7) is 0. The van der Waals surface area contributed by atoms with Gasteiger partial charge in [-0.2, -0.15) is 0 Å². The Labute approximate surface area is 120 Å². The molecule has 0 aromatic heterocycles. The van der Waals surface area contributed by atoms with Gasteiger partial charge in [0.25, 0.3) is 10.8 Å². The smallest absolute Gasteiger partial charge is 0.219 e. The Hall–Kier alpha value is -3.17. The molecule has 2 aromatic rings. The molecule has 0 radical (unpaired) electrons. The van der Waals surface area contributed by atoms with Crippen LogP contribution in [0.15, 0.2) is 58.3 Å². The van der Waals surface area contributed by atoms with Crippen LogP contribution in [0.5, 0.6) is 0 Å². The fraction of sp³-hybridized carbons (Fsp3) is 0. The molecule has 0 saturated carbocycles. The van der Waals surface area contributed by atoms with Gasteiger partial charge in [-0.15, -0.1) is 0 Å². The van der Waals surface area contributed by atoms with Crippen LogP contribution in [0, 0.1) is 10.8 Å². The molecule has 0 aliphatic carbocycles. The summed E-state index contributed by atoms with van der Waals surface area (Å²) in [5.74, 6) is 0. The van der Waals surface area contributed by atoms with Crippen LogP contribution in [-0.4, -0.2) is 8.42 Å². The lowest BCUT2D eigenvalue weighted by Crippen LogP contribution is -2.02. The lowest BCUT2D eigenvalue weighted by atomic mass is 10.3. The zero-order valence-electron chi connectivity index (χ0n) is 10.6. The Bertz CT molecular complexity index is 751. The highest BCUT2D eigenvalue weighted by Gasteiger charge is 2.18. The summed E-state index contributed by atoms with van der Waals surface area (Å²) in [4.78, 5) is 0.220. The van der Waals surface area contributed by atoms with E-state index in [1.54, 1.807) is 0 Å². The van der Waals surface area contributed by atoms with E-state index >= 15 is 0 Å². The lowest BCUT2D eigenvalue weighted by Gasteiger charge is -2.04. The summed E-state index contributed by atoms with van der Waals surface area (Å²) >= 11 is 0. The lowest BCUT2D eigenvalue weighted by molar-refractivity contribution is 0.596. The number of rotatable bonds is 4. The first kappa shape index (κ1) is 14.2. The minimum Gasteiger partial charge on any atom is -0.219 e. The van der Waals surface area contributed by atoms with E-state index in [0.29, 0.717) is 11.4 Å². The van der Waals surface area contributed by atoms with E-state index in [9.17, 15) is 8.42 Å². The second-order valence-corrected chi connectivity index (χ2v) is 5.93. The van der Waals surface area contributed by atoms with Crippen molar-refractivity contribution in [2.45, 2.75) is 9.79 Å². The van der Waals surface area contributed by atoms with Gasteiger partial charge in [0.1, 0.15) is 11.4 Å². The minimum atomic E-state index is -3.64. The van der Waals surface area contributed by atoms with Crippen molar-refractivity contribution in [2.75, 3.05) is 10.9 Å². The fourth-order valence-corrected chi connectivity index (χ4v) is 2.93. The van der Waals surface area contributed by atoms with Gasteiger partial charge in [0.2, 0.25) is 9.84 Å². The van der Waals surface area contributed by atoms with Crippen molar-refractivity contribution >= 4 is 21.2 Å². The molecule has 0 aliphatic rings. The first-order chi connectivity index (χ1) is 10.1. The van der Waals surface area contributed by atoms with Crippen LogP contribution in [0.25, 0.3) is 10.2 Å². The zero-order chi connectivity index (χ0) is 15.3. The van der Waals surface area contributed by atoms with Gasteiger partial charge >= 0.3 is 10.2 Å². The van der Waals surface area contributed by atoms with E-state index in [0.717, 1.165) is 0 Å². The maximum Gasteiger partial charge on any atom is 0.308 e. The molecule has 0 atom stereocenters. The van der Waals surface area contributed by atoms with Crippen LogP contribution in [-0.2, 0) is 9.84 Å². The molecule has 0 saturated heterocycles. The Kier molecular flexibility index (Phi) is 3.97. The molecule has 0 fully saturated rings. The summed E-state index contributed by atoms with van der Waals surface area (Å²) in [7, 11) is -3.64. The van der Waals surface area contributed by atoms with Gasteiger partial charge in [-0.1, -0.05) is 0 Å². The second-order valence-electron chi connectivity index (χ2n) is 3.98. The van der Waals surface area contributed by atoms with Gasteiger partial charge in [-0.05, 0) is 59.4 Å². The Balaban J connectivity index is 2.33. The maximum atomic E-state index is 12.4. The molecule has 2 aromatic carbocycles. The van der Waals surface area contributed by atoms with E-state index in [1.807, 2.05) is 0 Å². The highest BCUT2D eigenvalue weighted by atomic mass is 32.2. The van der Waals surface area contributed by atoms with Crippen LogP contribution < -0.4 is 10.9 Å². The summed E-state index contributed by atoms with van der Waals surface area (Å²) in [5, 5.41) is 22.2. The largest absolute Gasteiger partial charge is 0.308 e. The van der Waals surface area contributed by atoms with Crippen LogP contribution in [0.3, 0.4) is 0 Å². The number of benzene rings is 2. The van der Waals surface area contributed by atoms with Crippen molar-refractivity contribution < 1.29 is 8.42 Å². The van der Waals surface area contributed by atoms with E-state index in [1.165, 1.54) is 48.5 Å². The Morgan fingerprint density at radius 1 is 0.714 bits per heavy atom. The molecule has 8 nitrogen and oxygen atoms in total. The van der Waals surface area contributed by atoms with Gasteiger partial charge in [-0.25, -0.2) is 8.42 Å². The molecule has 2 rings (SSSR count). The van der Waals surface area contributed by atoms with Gasteiger partial charge in [-0.3, -0.25) is 0 Å². The third-order valence-corrected chi connectivity index (χ3v) is 4.47. The Morgan fingerprint density at radius 2 is 1.05 bits per heavy atom. The van der Waals surface area contributed by atoms with E-state index in [4.69, 9.17) is 10.8 Å². The van der Waals surface area contributed by atoms with Crippen molar-refractivity contribution in [3.05, 3.63) is 58.7 Å². The topological polar surface area (TPSA) is 114 Å². The quantitative estimate of drug-likeness (QED) is 0.663. The summed E-state index contributed by atoms with van der Waals surface area (Å²) < 4.78 is 24.8. The average Bonchev–Trinajstić information content (AvgIpc) is 2.49. The van der Waals surface area contributed by atoms with E-state index < -0.39 is 9.84 Å². The molecule has 0 heterocycles. The molecule has 104 valence electrons. The number of hydrogen-bond donors (Lipinski definition) is 2. The fourth-order valence-electron chi connectivity index (χ4n) is 1.67. The molecule has 9 heteroatoms. The van der Waals surface area contributed by atoms with Gasteiger partial charge in [0, 0.05) is 0 Å². The number of diazo groups is 2. The molecule has 0 amide bonds. The number of sulfone groups is 1. The van der Waals surface area contributed by atoms with Crippen molar-refractivity contribution in [1.29, 1.82) is 10.8 Å². The standard InChI is InChI=1S/C12H10N6O2S/c13-17-15-9-1-5-11(6-2-9)21(19,20)12-7-3-10(4-8-12)16-18-14/h1-8,15-16H/q+2. The third-order valence-electron chi connectivity index (χ3n) is 2.69. The molecule has 21 heavy (non-hydrogen) atoms. The Morgan fingerprint density at radius 3 is 1.33 bits per heavy atom. The van der Waals surface area contributed by atoms with Gasteiger partial charge in [0.05, 0.1) is 9.79 Å². The predicted octanol–water partition coefficient (Wildman–Crippen LogP) is 2.88. The van der Waals surface area contributed by atoms with Crippen LogP contribution >= 0.6 is 0 Å². The van der Waals surface area contributed by atoms with Crippen molar-refractivity contribution in [3.8, 4) is 0 Å². The number of nitrogens with zero attached hydrogens (tertiary/aromatic N) is 4. The zero-order valence-corrected chi connectivity index (χ0v) is 11.4. The molecule has 0 unspecified atom stereocenters. The second kappa shape index (κ2) is 5.86. The summed E-state index contributed by atoms with van der Waals surface area (Å²) in [6.07, 6.45) is 0. The van der Waals surface area contributed by atoms with Crippen LogP contribution in [0.2, 0.25) is 0 Å². The monoisotopic (exact) mass is 302 g/mol. The average molecular weight is 302 g/mol. The molecule has 2 N–H and O–H groups in total. The normalized spacial score (nSPS) is 10.2. The number of anilines is 2. The first-order valence-electron chi connectivity index (χ1n) is 5.73. The first-order valence-corrected chi connectivity index (χ1v) is 7.21. The molecule has 0 spiro atoms. The van der Waals surface area contributed by atoms with E-state index in [-0.39, 0.29) is 9.79 Å². The number of nitrogens with one attached hydrogen (secondary N) is 2. The third kappa shape index (κ3) is 3.05. The molecular formula is C12H10N6O2S+2. The van der Waals surface area contributed by atoms with Crippen molar-refractivity contribution in [2.24, 2.45) is 0 Å². The summed E-state index contributed by atoms with van der Waals surface area (Å²) in [6, 6.07) is 11.5. The SMILES string of the molecule is N#[N+]Nc1ccc(S(=O)(=O)c2ccc(N[N+]#N)cc2)cc1. The highest BCUT2D eigenvalue weighted by molar-refractivity contribution is 7.91.